The number of nitrogens with one attached hydrogen (secondary N) is 1. The minimum Gasteiger partial charge on any atom is -0.378 e. The molecule has 0 aromatic carbocycles. The summed E-state index contributed by atoms with van der Waals surface area (Å²) in [4.78, 5) is 17.1. The maximum Gasteiger partial charge on any atom is 0.246 e. The van der Waals surface area contributed by atoms with E-state index in [4.69, 9.17) is 4.74 Å². The van der Waals surface area contributed by atoms with Crippen LogP contribution >= 0.6 is 0 Å². The maximum absolute atomic E-state index is 12.9. The van der Waals surface area contributed by atoms with Gasteiger partial charge in [-0.3, -0.25) is 14.8 Å². The number of hydrogen-bond acceptors (Lipinski definition) is 4. The average molecular weight is 278 g/mol. The molecule has 3 heterocycles. The van der Waals surface area contributed by atoms with Gasteiger partial charge in [-0.1, -0.05) is 6.42 Å². The van der Waals surface area contributed by atoms with E-state index >= 15 is 0 Å². The van der Waals surface area contributed by atoms with Crippen molar-refractivity contribution >= 4 is 5.91 Å². The summed E-state index contributed by atoms with van der Waals surface area (Å²) in [6.45, 7) is 4.64. The fourth-order valence-corrected chi connectivity index (χ4v) is 3.04. The average Bonchev–Trinajstić information content (AvgIpc) is 3.03. The van der Waals surface area contributed by atoms with Crippen LogP contribution in [0.25, 0.3) is 0 Å². The number of carbonyl (C=O) groups excluding carboxylic acids is 1. The highest BCUT2D eigenvalue weighted by Gasteiger charge is 2.33. The van der Waals surface area contributed by atoms with Crippen molar-refractivity contribution in [1.29, 1.82) is 0 Å². The van der Waals surface area contributed by atoms with Crippen LogP contribution < -0.4 is 0 Å². The van der Waals surface area contributed by atoms with Gasteiger partial charge in [-0.05, 0) is 32.0 Å². The van der Waals surface area contributed by atoms with Gasteiger partial charge in [-0.2, -0.15) is 5.10 Å². The second kappa shape index (κ2) is 6.37. The van der Waals surface area contributed by atoms with E-state index in [1.54, 1.807) is 6.20 Å². The Hall–Kier alpha value is -1.40. The molecule has 0 bridgehead atoms. The first kappa shape index (κ1) is 13.6. The molecule has 2 aliphatic rings. The highest BCUT2D eigenvalue weighted by Crippen LogP contribution is 2.25. The second-order valence-electron chi connectivity index (χ2n) is 5.45. The van der Waals surface area contributed by atoms with Gasteiger partial charge in [0.1, 0.15) is 6.04 Å². The van der Waals surface area contributed by atoms with Crippen molar-refractivity contribution < 1.29 is 9.53 Å². The summed E-state index contributed by atoms with van der Waals surface area (Å²) in [7, 11) is 0. The number of piperidine rings is 1. The van der Waals surface area contributed by atoms with Crippen molar-refractivity contribution in [2.45, 2.75) is 25.3 Å². The molecular weight excluding hydrogens is 256 g/mol. The summed E-state index contributed by atoms with van der Waals surface area (Å²) in [5, 5.41) is 7.00. The molecule has 0 spiro atoms. The van der Waals surface area contributed by atoms with Crippen molar-refractivity contribution in [2.24, 2.45) is 0 Å². The highest BCUT2D eigenvalue weighted by atomic mass is 16.5. The van der Waals surface area contributed by atoms with E-state index in [1.807, 2.05) is 11.0 Å². The number of morpholine rings is 1. The van der Waals surface area contributed by atoms with E-state index < -0.39 is 0 Å². The molecule has 2 saturated heterocycles. The summed E-state index contributed by atoms with van der Waals surface area (Å²) in [5.41, 5.74) is 0.906. The Bertz CT molecular complexity index is 422. The van der Waals surface area contributed by atoms with Crippen LogP contribution in [-0.4, -0.2) is 65.3 Å². The van der Waals surface area contributed by atoms with Crippen LogP contribution in [0.5, 0.6) is 0 Å². The summed E-state index contributed by atoms with van der Waals surface area (Å²) >= 11 is 0. The van der Waals surface area contributed by atoms with Gasteiger partial charge < -0.3 is 9.64 Å². The number of rotatable bonds is 3. The lowest BCUT2D eigenvalue weighted by Crippen LogP contribution is -2.48. The molecule has 6 heteroatoms. The Labute approximate surface area is 119 Å². The number of nitrogens with zero attached hydrogens (tertiary/aromatic N) is 3. The smallest absolute Gasteiger partial charge is 0.246 e. The lowest BCUT2D eigenvalue weighted by atomic mass is 10.0. The Kier molecular flexibility index (Phi) is 4.32. The molecule has 6 nitrogen and oxygen atoms in total. The van der Waals surface area contributed by atoms with E-state index in [0.717, 1.165) is 18.8 Å². The third kappa shape index (κ3) is 2.86. The summed E-state index contributed by atoms with van der Waals surface area (Å²) in [5.74, 6) is 0.180. The molecule has 1 aromatic heterocycles. The molecule has 110 valence electrons. The lowest BCUT2D eigenvalue weighted by molar-refractivity contribution is -0.142. The van der Waals surface area contributed by atoms with Crippen molar-refractivity contribution in [2.75, 3.05) is 39.4 Å². The topological polar surface area (TPSA) is 61.5 Å². The van der Waals surface area contributed by atoms with E-state index in [2.05, 4.69) is 15.1 Å². The summed E-state index contributed by atoms with van der Waals surface area (Å²) in [6, 6.07) is 1.70. The molecular formula is C14H22N4O2. The van der Waals surface area contributed by atoms with E-state index in [-0.39, 0.29) is 11.9 Å². The number of hydrogen-bond donors (Lipinski definition) is 1. The van der Waals surface area contributed by atoms with Crippen molar-refractivity contribution in [3.8, 4) is 0 Å². The van der Waals surface area contributed by atoms with Crippen LogP contribution in [0, 0.1) is 0 Å². The Balaban J connectivity index is 1.78. The van der Waals surface area contributed by atoms with E-state index in [9.17, 15) is 4.79 Å². The maximum atomic E-state index is 12.9. The van der Waals surface area contributed by atoms with Gasteiger partial charge in [0.2, 0.25) is 5.91 Å². The van der Waals surface area contributed by atoms with Crippen LogP contribution in [0.4, 0.5) is 0 Å². The van der Waals surface area contributed by atoms with Crippen LogP contribution in [0.15, 0.2) is 12.3 Å². The molecule has 1 N–H and O–H groups in total. The number of amides is 1. The molecule has 1 aromatic rings. The van der Waals surface area contributed by atoms with Gasteiger partial charge in [0.25, 0.3) is 0 Å². The van der Waals surface area contributed by atoms with Gasteiger partial charge >= 0.3 is 0 Å². The van der Waals surface area contributed by atoms with E-state index in [0.29, 0.717) is 26.3 Å². The number of H-pyrrole nitrogens is 1. The zero-order valence-corrected chi connectivity index (χ0v) is 11.8. The predicted octanol–water partition coefficient (Wildman–Crippen LogP) is 0.795. The molecule has 1 amide bonds. The molecule has 3 rings (SSSR count). The normalized spacial score (nSPS) is 22.7. The molecule has 0 aliphatic carbocycles. The molecule has 20 heavy (non-hydrogen) atoms. The standard InChI is InChI=1S/C14H22N4O2/c19-14(18-8-10-20-11-9-18)13(12-4-5-15-16-12)17-6-2-1-3-7-17/h4-5,13H,1-3,6-11H2,(H,15,16). The van der Waals surface area contributed by atoms with Crippen molar-refractivity contribution in [3.05, 3.63) is 18.0 Å². The molecule has 2 fully saturated rings. The predicted molar refractivity (Wildman–Crippen MR) is 74.2 cm³/mol. The van der Waals surface area contributed by atoms with Gasteiger partial charge in [0.15, 0.2) is 0 Å². The van der Waals surface area contributed by atoms with Crippen LogP contribution in [0.3, 0.4) is 0 Å². The quantitative estimate of drug-likeness (QED) is 0.888. The molecule has 1 unspecified atom stereocenters. The zero-order chi connectivity index (χ0) is 13.8. The molecule has 2 aliphatic heterocycles. The van der Waals surface area contributed by atoms with E-state index in [1.165, 1.54) is 19.3 Å². The highest BCUT2D eigenvalue weighted by molar-refractivity contribution is 5.83. The minimum atomic E-state index is -0.212. The number of ether oxygens (including phenoxy) is 1. The van der Waals surface area contributed by atoms with Crippen LogP contribution in [0.2, 0.25) is 0 Å². The van der Waals surface area contributed by atoms with Gasteiger partial charge in [0.05, 0.1) is 18.9 Å². The molecule has 1 atom stereocenters. The summed E-state index contributed by atoms with van der Waals surface area (Å²) < 4.78 is 5.34. The number of carbonyl (C=O) groups is 1. The lowest BCUT2D eigenvalue weighted by Gasteiger charge is -2.37. The Morgan fingerprint density at radius 3 is 2.60 bits per heavy atom. The third-order valence-electron chi connectivity index (χ3n) is 4.13. The molecule has 0 radical (unpaired) electrons. The van der Waals surface area contributed by atoms with Gasteiger partial charge in [-0.15, -0.1) is 0 Å². The van der Waals surface area contributed by atoms with Gasteiger partial charge in [0, 0.05) is 19.3 Å². The first-order valence-electron chi connectivity index (χ1n) is 7.46. The first-order chi connectivity index (χ1) is 9.86. The van der Waals surface area contributed by atoms with Crippen LogP contribution in [-0.2, 0) is 9.53 Å². The second-order valence-corrected chi connectivity index (χ2v) is 5.45. The fourth-order valence-electron chi connectivity index (χ4n) is 3.04. The van der Waals surface area contributed by atoms with Crippen LogP contribution in [0.1, 0.15) is 31.0 Å². The number of likely N-dealkylation sites (tertiary alicyclic amines) is 1. The minimum absolute atomic E-state index is 0.180. The fraction of sp³-hybridized carbons (Fsp3) is 0.714. The zero-order valence-electron chi connectivity index (χ0n) is 11.8. The molecule has 0 saturated carbocycles. The monoisotopic (exact) mass is 278 g/mol. The Morgan fingerprint density at radius 2 is 1.95 bits per heavy atom. The number of aromatic amines is 1. The third-order valence-corrected chi connectivity index (χ3v) is 4.13. The SMILES string of the molecule is O=C(C(c1ccn[nH]1)N1CCCCC1)N1CCOCC1. The van der Waals surface area contributed by atoms with Crippen molar-refractivity contribution in [1.82, 2.24) is 20.0 Å². The number of aromatic nitrogens is 2. The Morgan fingerprint density at radius 1 is 1.20 bits per heavy atom. The largest absolute Gasteiger partial charge is 0.378 e. The first-order valence-corrected chi connectivity index (χ1v) is 7.46. The van der Waals surface area contributed by atoms with Crippen molar-refractivity contribution in [3.63, 3.8) is 0 Å². The summed E-state index contributed by atoms with van der Waals surface area (Å²) in [6.07, 6.45) is 5.32. The van der Waals surface area contributed by atoms with Gasteiger partial charge in [-0.25, -0.2) is 0 Å².